The molecule has 2 atom stereocenters. The normalized spacial score (nSPS) is 21.0. The van der Waals surface area contributed by atoms with Crippen molar-refractivity contribution in [2.24, 2.45) is 17.3 Å². The highest BCUT2D eigenvalue weighted by molar-refractivity contribution is 6.04. The largest absolute Gasteiger partial charge is 0.466 e. The molecular weight excluding hydrogens is 488 g/mol. The second kappa shape index (κ2) is 13.6. The van der Waals surface area contributed by atoms with Crippen LogP contribution in [0, 0.1) is 17.3 Å². The molecule has 0 spiro atoms. The highest BCUT2D eigenvalue weighted by Crippen LogP contribution is 2.43. The molecule has 39 heavy (non-hydrogen) atoms. The van der Waals surface area contributed by atoms with E-state index in [9.17, 15) is 14.4 Å². The van der Waals surface area contributed by atoms with Gasteiger partial charge in [-0.1, -0.05) is 72.1 Å². The number of likely N-dealkylation sites (tertiary alicyclic amines) is 1. The Bertz CT molecular complexity index is 1020. The summed E-state index contributed by atoms with van der Waals surface area (Å²) in [6, 6.07) is 0. The lowest BCUT2D eigenvalue weighted by molar-refractivity contribution is -0.144. The van der Waals surface area contributed by atoms with Crippen LogP contribution >= 0.6 is 0 Å². The predicted octanol–water partition coefficient (Wildman–Crippen LogP) is 6.80. The summed E-state index contributed by atoms with van der Waals surface area (Å²) in [5.74, 6) is 0.550. The average Bonchev–Trinajstić information content (AvgIpc) is 3.48. The number of carbonyl (C=O) groups is 3. The number of rotatable bonds is 14. The first-order valence-corrected chi connectivity index (χ1v) is 15.9. The molecular formula is C33H52N2O4. The third-order valence-electron chi connectivity index (χ3n) is 9.57. The van der Waals surface area contributed by atoms with Gasteiger partial charge in [0.2, 0.25) is 5.91 Å². The first-order valence-electron chi connectivity index (χ1n) is 15.9. The van der Waals surface area contributed by atoms with Crippen molar-refractivity contribution in [3.05, 3.63) is 22.5 Å². The van der Waals surface area contributed by atoms with Crippen LogP contribution in [0.1, 0.15) is 136 Å². The highest BCUT2D eigenvalue weighted by atomic mass is 16.5. The molecule has 0 aromatic carbocycles. The molecule has 0 bridgehead atoms. The third-order valence-corrected chi connectivity index (χ3v) is 9.57. The first-order chi connectivity index (χ1) is 18.7. The van der Waals surface area contributed by atoms with Crippen molar-refractivity contribution in [1.82, 2.24) is 9.47 Å². The summed E-state index contributed by atoms with van der Waals surface area (Å²) in [6.07, 6.45) is 16.5. The van der Waals surface area contributed by atoms with E-state index in [0.717, 1.165) is 80.6 Å². The van der Waals surface area contributed by atoms with E-state index in [4.69, 9.17) is 4.74 Å². The summed E-state index contributed by atoms with van der Waals surface area (Å²) < 4.78 is 7.50. The molecule has 0 unspecified atom stereocenters. The lowest BCUT2D eigenvalue weighted by atomic mass is 9.72. The second-order valence-electron chi connectivity index (χ2n) is 13.2. The van der Waals surface area contributed by atoms with Gasteiger partial charge in [0.15, 0.2) is 5.78 Å². The van der Waals surface area contributed by atoms with Crippen LogP contribution in [0.5, 0.6) is 0 Å². The molecule has 6 heteroatoms. The Hall–Kier alpha value is -1.95. The van der Waals surface area contributed by atoms with Crippen LogP contribution in [0.2, 0.25) is 0 Å². The van der Waals surface area contributed by atoms with E-state index < -0.39 is 5.41 Å². The topological polar surface area (TPSA) is 68.6 Å². The first kappa shape index (κ1) is 30.0. The summed E-state index contributed by atoms with van der Waals surface area (Å²) in [4.78, 5) is 42.3. The number of fused-ring (bicyclic) bond motifs is 4. The zero-order chi connectivity index (χ0) is 28.0. The van der Waals surface area contributed by atoms with Crippen molar-refractivity contribution in [3.63, 3.8) is 0 Å². The maximum absolute atomic E-state index is 14.0. The summed E-state index contributed by atoms with van der Waals surface area (Å²) in [7, 11) is 2.10. The second-order valence-corrected chi connectivity index (χ2v) is 13.2. The summed E-state index contributed by atoms with van der Waals surface area (Å²) in [5, 5.41) is 0. The van der Waals surface area contributed by atoms with Crippen LogP contribution in [0.4, 0.5) is 0 Å². The van der Waals surface area contributed by atoms with E-state index in [0.29, 0.717) is 18.8 Å². The number of hydrogen-bond acceptors (Lipinski definition) is 5. The van der Waals surface area contributed by atoms with Crippen molar-refractivity contribution in [1.29, 1.82) is 0 Å². The Kier molecular flexibility index (Phi) is 10.5. The number of aromatic nitrogens is 1. The van der Waals surface area contributed by atoms with Crippen LogP contribution in [0.3, 0.4) is 0 Å². The van der Waals surface area contributed by atoms with Gasteiger partial charge in [-0.3, -0.25) is 19.0 Å². The minimum absolute atomic E-state index is 0.0519. The molecule has 6 nitrogen and oxygen atoms in total. The van der Waals surface area contributed by atoms with Gasteiger partial charge >= 0.3 is 5.97 Å². The Labute approximate surface area is 236 Å². The van der Waals surface area contributed by atoms with E-state index in [1.807, 2.05) is 18.4 Å². The van der Waals surface area contributed by atoms with Crippen LogP contribution in [0.15, 0.2) is 0 Å². The van der Waals surface area contributed by atoms with E-state index in [1.165, 1.54) is 44.9 Å². The molecule has 0 saturated carbocycles. The number of hydrogen-bond donors (Lipinski definition) is 0. The van der Waals surface area contributed by atoms with Crippen molar-refractivity contribution < 1.29 is 19.1 Å². The monoisotopic (exact) mass is 540 g/mol. The summed E-state index contributed by atoms with van der Waals surface area (Å²) in [5.41, 5.74) is 3.37. The van der Waals surface area contributed by atoms with Crippen molar-refractivity contribution >= 4 is 17.7 Å². The van der Waals surface area contributed by atoms with Crippen LogP contribution in [0.25, 0.3) is 0 Å². The Morgan fingerprint density at radius 1 is 0.974 bits per heavy atom. The summed E-state index contributed by atoms with van der Waals surface area (Å²) >= 11 is 0. The van der Waals surface area contributed by atoms with Crippen molar-refractivity contribution in [3.8, 4) is 0 Å². The molecule has 0 amide bonds. The van der Waals surface area contributed by atoms with Crippen molar-refractivity contribution in [2.45, 2.75) is 124 Å². The zero-order valence-corrected chi connectivity index (χ0v) is 25.1. The molecule has 1 fully saturated rings. The zero-order valence-electron chi connectivity index (χ0n) is 25.1. The molecule has 2 heterocycles. The number of nitrogens with zero attached hydrogens (tertiary/aromatic N) is 2. The molecule has 1 aromatic heterocycles. The van der Waals surface area contributed by atoms with Crippen molar-refractivity contribution in [2.75, 3.05) is 26.7 Å². The minimum Gasteiger partial charge on any atom is -0.466 e. The van der Waals surface area contributed by atoms with E-state index >= 15 is 0 Å². The van der Waals surface area contributed by atoms with Gasteiger partial charge in [0.05, 0.1) is 6.61 Å². The van der Waals surface area contributed by atoms with Crippen LogP contribution in [-0.2, 0) is 28.8 Å². The van der Waals surface area contributed by atoms with Crippen LogP contribution in [-0.4, -0.2) is 53.9 Å². The van der Waals surface area contributed by atoms with Gasteiger partial charge in [0, 0.05) is 41.2 Å². The van der Waals surface area contributed by atoms with Gasteiger partial charge in [-0.25, -0.2) is 0 Å². The number of esters is 1. The molecule has 0 N–H and O–H groups in total. The fourth-order valence-electron chi connectivity index (χ4n) is 7.04. The highest BCUT2D eigenvalue weighted by Gasteiger charge is 2.45. The fraction of sp³-hybridized carbons (Fsp3) is 0.788. The Morgan fingerprint density at radius 3 is 2.38 bits per heavy atom. The van der Waals surface area contributed by atoms with E-state index in [-0.39, 0.29) is 30.2 Å². The average molecular weight is 541 g/mol. The van der Waals surface area contributed by atoms with Gasteiger partial charge < -0.3 is 9.64 Å². The van der Waals surface area contributed by atoms with E-state index in [1.54, 1.807) is 0 Å². The van der Waals surface area contributed by atoms with E-state index in [2.05, 4.69) is 18.9 Å². The number of unbranched alkanes of at least 4 members (excludes halogenated alkanes) is 8. The number of carbonyl (C=O) groups excluding carboxylic acids is 3. The predicted molar refractivity (Wildman–Crippen MR) is 155 cm³/mol. The van der Waals surface area contributed by atoms with Gasteiger partial charge in [0.25, 0.3) is 0 Å². The quantitative estimate of drug-likeness (QED) is 0.192. The van der Waals surface area contributed by atoms with Gasteiger partial charge in [-0.15, -0.1) is 0 Å². The molecule has 2 aliphatic carbocycles. The molecule has 1 saturated heterocycles. The fourth-order valence-corrected chi connectivity index (χ4v) is 7.04. The molecule has 3 aliphatic rings. The smallest absolute Gasteiger partial charge is 0.305 e. The van der Waals surface area contributed by atoms with Gasteiger partial charge in [-0.05, 0) is 70.0 Å². The Balaban J connectivity index is 1.29. The third kappa shape index (κ3) is 7.04. The lowest BCUT2D eigenvalue weighted by Crippen LogP contribution is -2.46. The molecule has 218 valence electrons. The van der Waals surface area contributed by atoms with Crippen LogP contribution < -0.4 is 0 Å². The number of ketones is 1. The number of ether oxygens (including phenoxy) is 1. The molecule has 1 aliphatic heterocycles. The molecule has 4 rings (SSSR count). The summed E-state index contributed by atoms with van der Waals surface area (Å²) in [6.45, 7) is 8.25. The maximum Gasteiger partial charge on any atom is 0.305 e. The number of Topliss-reactive ketones (excluding diaryl/α,β-unsaturated/α-hetero) is 1. The van der Waals surface area contributed by atoms with Gasteiger partial charge in [-0.2, -0.15) is 0 Å². The van der Waals surface area contributed by atoms with Gasteiger partial charge in [0.1, 0.15) is 0 Å². The number of piperidine rings is 1. The Morgan fingerprint density at radius 2 is 1.67 bits per heavy atom. The minimum atomic E-state index is -0.673. The SMILES string of the molecule is CCCCCCCCCCCC(=O)OCCC(C)(C)C(=O)n1c2c(c3c1C[C@@H]1CCN(C)C[C@H]1C3=O)CCC2. The molecule has 1 aromatic rings. The lowest BCUT2D eigenvalue weighted by Gasteiger charge is -2.39. The molecule has 0 radical (unpaired) electrons. The standard InChI is InChI=1S/C33H52N2O4/c1-5-6-7-8-9-10-11-12-13-17-29(36)39-21-19-33(2,3)32(38)35-27-16-14-15-25(27)30-28(35)22-24-18-20-34(4)23-26(24)31(30)37/h24,26H,5-23H2,1-4H3/t24-,26+/m0/s1. The maximum atomic E-state index is 14.0.